The van der Waals surface area contributed by atoms with Gasteiger partial charge in [-0.2, -0.15) is 0 Å². The first kappa shape index (κ1) is 12.9. The molecule has 0 atom stereocenters. The van der Waals surface area contributed by atoms with Gasteiger partial charge in [-0.15, -0.1) is 0 Å². The van der Waals surface area contributed by atoms with Crippen LogP contribution >= 0.6 is 0 Å². The molecule has 0 bridgehead atoms. The van der Waals surface area contributed by atoms with Crippen LogP contribution in [0.15, 0.2) is 36.5 Å². The van der Waals surface area contributed by atoms with Gasteiger partial charge < -0.3 is 0 Å². The highest BCUT2D eigenvalue weighted by atomic mass is 19.2. The van der Waals surface area contributed by atoms with E-state index in [0.29, 0.717) is 5.56 Å². The zero-order valence-corrected chi connectivity index (χ0v) is 9.69. The number of anilines is 1. The van der Waals surface area contributed by atoms with Crippen molar-refractivity contribution in [3.63, 3.8) is 0 Å². The third kappa shape index (κ3) is 3.01. The van der Waals surface area contributed by atoms with Crippen molar-refractivity contribution in [2.75, 3.05) is 5.32 Å². The third-order valence-corrected chi connectivity index (χ3v) is 2.48. The minimum absolute atomic E-state index is 0.120. The van der Waals surface area contributed by atoms with Gasteiger partial charge in [0, 0.05) is 6.07 Å². The summed E-state index contributed by atoms with van der Waals surface area (Å²) in [6, 6.07) is 6.29. The second-order valence-corrected chi connectivity index (χ2v) is 3.79. The minimum Gasteiger partial charge on any atom is -0.264 e. The van der Waals surface area contributed by atoms with E-state index in [0.717, 1.165) is 12.1 Å². The number of rotatable bonds is 4. The van der Waals surface area contributed by atoms with Crippen molar-refractivity contribution in [1.82, 2.24) is 0 Å². The molecule has 0 radical (unpaired) electrons. The predicted octanol–water partition coefficient (Wildman–Crippen LogP) is 2.30. The molecule has 7 heteroatoms. The maximum atomic E-state index is 13.0. The van der Waals surface area contributed by atoms with Crippen LogP contribution in [0.1, 0.15) is 5.56 Å². The van der Waals surface area contributed by atoms with Crippen molar-refractivity contribution in [3.8, 4) is 0 Å². The minimum atomic E-state index is -0.953. The molecule has 98 valence electrons. The lowest BCUT2D eigenvalue weighted by Gasteiger charge is -2.01. The normalized spacial score (nSPS) is 10.2. The maximum absolute atomic E-state index is 13.0. The highest BCUT2D eigenvalue weighted by molar-refractivity contribution is 5.51. The summed E-state index contributed by atoms with van der Waals surface area (Å²) in [7, 11) is 0. The molecule has 1 aromatic carbocycles. The summed E-state index contributed by atoms with van der Waals surface area (Å²) in [6.07, 6.45) is 1.53. The third-order valence-electron chi connectivity index (χ3n) is 2.48. The molecule has 0 aliphatic rings. The van der Waals surface area contributed by atoms with E-state index in [2.05, 4.69) is 10.3 Å². The molecule has 0 saturated carbocycles. The highest BCUT2D eigenvalue weighted by Crippen LogP contribution is 2.18. The van der Waals surface area contributed by atoms with E-state index in [4.69, 9.17) is 0 Å². The van der Waals surface area contributed by atoms with E-state index in [1.54, 1.807) is 0 Å². The summed E-state index contributed by atoms with van der Waals surface area (Å²) in [4.78, 5) is 12.9. The van der Waals surface area contributed by atoms with Gasteiger partial charge in [0.25, 0.3) is 0 Å². The zero-order chi connectivity index (χ0) is 13.8. The van der Waals surface area contributed by atoms with Crippen LogP contribution in [0, 0.1) is 21.7 Å². The van der Waals surface area contributed by atoms with Crippen LogP contribution in [0.2, 0.25) is 0 Å². The van der Waals surface area contributed by atoms with Crippen molar-refractivity contribution in [2.45, 2.75) is 6.54 Å². The number of pyridine rings is 1. The summed E-state index contributed by atoms with van der Waals surface area (Å²) in [5, 5.41) is 13.5. The van der Waals surface area contributed by atoms with Crippen LogP contribution < -0.4 is 10.3 Å². The molecular formula is C12H10F2N3O2+. The Morgan fingerprint density at radius 2 is 2.05 bits per heavy atom. The second-order valence-electron chi connectivity index (χ2n) is 3.79. The van der Waals surface area contributed by atoms with Gasteiger partial charge in [0.15, 0.2) is 11.6 Å². The first-order chi connectivity index (χ1) is 9.08. The van der Waals surface area contributed by atoms with E-state index in [1.807, 2.05) is 0 Å². The van der Waals surface area contributed by atoms with Gasteiger partial charge in [0.1, 0.15) is 6.54 Å². The van der Waals surface area contributed by atoms with Gasteiger partial charge >= 0.3 is 11.5 Å². The molecule has 0 unspecified atom stereocenters. The molecule has 5 nitrogen and oxygen atoms in total. The summed E-state index contributed by atoms with van der Waals surface area (Å²) >= 11 is 0. The standard InChI is InChI=1S/C12H9F2N3O2/c13-9-4-3-8(6-10(9)14)7-16-12-11(17(18)19)2-1-5-15-12/h1-6H,7H2,(H,15,16)/p+1. The average Bonchev–Trinajstić information content (AvgIpc) is 2.40. The Balaban J connectivity index is 2.14. The topological polar surface area (TPSA) is 69.3 Å². The largest absolute Gasteiger partial charge is 0.357 e. The molecule has 1 heterocycles. The predicted molar refractivity (Wildman–Crippen MR) is 63.3 cm³/mol. The molecular weight excluding hydrogens is 256 g/mol. The Bertz CT molecular complexity index is 620. The lowest BCUT2D eigenvalue weighted by Crippen LogP contribution is -2.14. The van der Waals surface area contributed by atoms with Crippen LogP contribution in [0.3, 0.4) is 0 Å². The Morgan fingerprint density at radius 3 is 2.74 bits per heavy atom. The lowest BCUT2D eigenvalue weighted by molar-refractivity contribution is -0.409. The SMILES string of the molecule is O=[N+]([O-])c1ccc[nH+]c1NCc1ccc(F)c(F)c1. The molecule has 2 N–H and O–H groups in total. The summed E-state index contributed by atoms with van der Waals surface area (Å²) in [6.45, 7) is 0.137. The number of benzene rings is 1. The molecule has 19 heavy (non-hydrogen) atoms. The maximum Gasteiger partial charge on any atom is 0.357 e. The zero-order valence-electron chi connectivity index (χ0n) is 9.69. The Hall–Kier alpha value is -2.57. The van der Waals surface area contributed by atoms with E-state index < -0.39 is 16.6 Å². The second kappa shape index (κ2) is 5.38. The quantitative estimate of drug-likeness (QED) is 0.682. The smallest absolute Gasteiger partial charge is 0.264 e. The summed E-state index contributed by atoms with van der Waals surface area (Å²) in [5.41, 5.74) is 0.357. The van der Waals surface area contributed by atoms with Gasteiger partial charge in [0.05, 0.1) is 11.1 Å². The first-order valence-electron chi connectivity index (χ1n) is 5.41. The van der Waals surface area contributed by atoms with E-state index in [-0.39, 0.29) is 18.1 Å². The van der Waals surface area contributed by atoms with Gasteiger partial charge in [-0.05, 0) is 23.8 Å². The lowest BCUT2D eigenvalue weighted by atomic mass is 10.2. The number of H-pyrrole nitrogens is 1. The molecule has 0 amide bonds. The van der Waals surface area contributed by atoms with E-state index >= 15 is 0 Å². The molecule has 0 aliphatic carbocycles. The number of hydrogen-bond donors (Lipinski definition) is 1. The van der Waals surface area contributed by atoms with Crippen LogP contribution in [0.4, 0.5) is 20.3 Å². The van der Waals surface area contributed by atoms with Crippen LogP contribution in [-0.4, -0.2) is 4.92 Å². The Kier molecular flexibility index (Phi) is 3.65. The first-order valence-corrected chi connectivity index (χ1v) is 5.41. The molecule has 2 rings (SSSR count). The number of nitrogens with one attached hydrogen (secondary N) is 2. The molecule has 1 aromatic heterocycles. The van der Waals surface area contributed by atoms with Crippen molar-refractivity contribution < 1.29 is 18.7 Å². The highest BCUT2D eigenvalue weighted by Gasteiger charge is 2.19. The van der Waals surface area contributed by atoms with E-state index in [1.165, 1.54) is 24.4 Å². The van der Waals surface area contributed by atoms with Gasteiger partial charge in [-0.25, -0.2) is 13.8 Å². The summed E-state index contributed by atoms with van der Waals surface area (Å²) < 4.78 is 25.7. The number of hydrogen-bond acceptors (Lipinski definition) is 3. The Morgan fingerprint density at radius 1 is 1.26 bits per heavy atom. The fourth-order valence-electron chi connectivity index (χ4n) is 1.56. The average molecular weight is 266 g/mol. The molecule has 0 aliphatic heterocycles. The van der Waals surface area contributed by atoms with E-state index in [9.17, 15) is 18.9 Å². The number of aromatic nitrogens is 1. The van der Waals surface area contributed by atoms with Crippen molar-refractivity contribution in [3.05, 3.63) is 63.8 Å². The number of aromatic amines is 1. The van der Waals surface area contributed by atoms with Crippen LogP contribution in [-0.2, 0) is 6.54 Å². The number of halogens is 2. The number of nitro groups is 1. The summed E-state index contributed by atoms with van der Waals surface area (Å²) in [5.74, 6) is -1.68. The van der Waals surface area contributed by atoms with Crippen molar-refractivity contribution in [2.24, 2.45) is 0 Å². The molecule has 0 fully saturated rings. The molecule has 2 aromatic rings. The fourth-order valence-corrected chi connectivity index (χ4v) is 1.56. The fraction of sp³-hybridized carbons (Fsp3) is 0.0833. The van der Waals surface area contributed by atoms with Gasteiger partial charge in [-0.3, -0.25) is 15.4 Å². The number of nitrogens with zero attached hydrogens (tertiary/aromatic N) is 1. The Labute approximate surface area is 107 Å². The van der Waals surface area contributed by atoms with Crippen molar-refractivity contribution >= 4 is 11.5 Å². The molecule has 0 spiro atoms. The van der Waals surface area contributed by atoms with Crippen LogP contribution in [0.5, 0.6) is 0 Å². The van der Waals surface area contributed by atoms with Gasteiger partial charge in [0.2, 0.25) is 0 Å². The molecule has 0 saturated heterocycles. The van der Waals surface area contributed by atoms with Crippen LogP contribution in [0.25, 0.3) is 0 Å². The monoisotopic (exact) mass is 266 g/mol. The van der Waals surface area contributed by atoms with Gasteiger partial charge in [-0.1, -0.05) is 6.07 Å². The van der Waals surface area contributed by atoms with Crippen molar-refractivity contribution in [1.29, 1.82) is 0 Å².